The van der Waals surface area contributed by atoms with E-state index < -0.39 is 16.7 Å². The highest BCUT2D eigenvalue weighted by Crippen LogP contribution is 2.35. The lowest BCUT2D eigenvalue weighted by atomic mass is 10.2. The molecule has 0 spiro atoms. The van der Waals surface area contributed by atoms with Gasteiger partial charge in [-0.05, 0) is 13.8 Å². The van der Waals surface area contributed by atoms with Gasteiger partial charge in [-0.2, -0.15) is 0 Å². The molecule has 0 aliphatic rings. The van der Waals surface area contributed by atoms with Crippen LogP contribution < -0.4 is 0 Å². The first kappa shape index (κ1) is 11.6. The van der Waals surface area contributed by atoms with Gasteiger partial charge in [0, 0.05) is 0 Å². The van der Waals surface area contributed by atoms with Crippen LogP contribution in [0.4, 0.5) is 0 Å². The zero-order valence-corrected chi connectivity index (χ0v) is 8.37. The third kappa shape index (κ3) is 4.50. The Bertz CT molecular complexity index is 190. The van der Waals surface area contributed by atoms with Crippen molar-refractivity contribution in [2.75, 3.05) is 5.75 Å². The third-order valence-corrected chi connectivity index (χ3v) is 4.00. The van der Waals surface area contributed by atoms with Gasteiger partial charge in [0.2, 0.25) is 0 Å². The molecule has 0 atom stereocenters. The first-order valence-corrected chi connectivity index (χ1v) is 5.44. The monoisotopic (exact) mass is 210 g/mol. The molecule has 0 fully saturated rings. The van der Waals surface area contributed by atoms with Gasteiger partial charge in [-0.3, -0.25) is 9.59 Å². The van der Waals surface area contributed by atoms with Crippen molar-refractivity contribution in [2.45, 2.75) is 18.6 Å². The lowest BCUT2D eigenvalue weighted by Crippen LogP contribution is -2.26. The molecule has 0 heterocycles. The Labute approximate surface area is 78.1 Å². The van der Waals surface area contributed by atoms with E-state index in [2.05, 4.69) is 0 Å². The molecular weight excluding hydrogens is 200 g/mol. The number of carboxylic acid groups (broad SMARTS) is 2. The molecule has 70 valence electrons. The Morgan fingerprint density at radius 3 is 2.17 bits per heavy atom. The summed E-state index contributed by atoms with van der Waals surface area (Å²) in [5, 5.41) is 16.9. The molecule has 0 radical (unpaired) electrons. The minimum absolute atomic E-state index is 0.0820. The molecular formula is C6H10O4S2. The normalized spacial score (nSPS) is 11.2. The van der Waals surface area contributed by atoms with Crippen LogP contribution in [0, 0.1) is 0 Å². The second-order valence-electron chi connectivity index (χ2n) is 2.55. The molecule has 0 bridgehead atoms. The quantitative estimate of drug-likeness (QED) is 0.666. The van der Waals surface area contributed by atoms with Crippen LogP contribution in [0.2, 0.25) is 0 Å². The Balaban J connectivity index is 3.76. The molecule has 0 aliphatic carbocycles. The molecule has 0 saturated heterocycles. The van der Waals surface area contributed by atoms with Gasteiger partial charge in [-0.25, -0.2) is 0 Å². The van der Waals surface area contributed by atoms with E-state index in [0.717, 1.165) is 21.6 Å². The lowest BCUT2D eigenvalue weighted by Gasteiger charge is -2.16. The molecule has 6 heteroatoms. The number of rotatable bonds is 5. The fraction of sp³-hybridized carbons (Fsp3) is 0.667. The van der Waals surface area contributed by atoms with Crippen LogP contribution in [-0.4, -0.2) is 32.7 Å². The number of hydrogen-bond donors (Lipinski definition) is 2. The van der Waals surface area contributed by atoms with E-state index in [1.165, 1.54) is 13.8 Å². The van der Waals surface area contributed by atoms with Crippen molar-refractivity contribution in [3.05, 3.63) is 0 Å². The summed E-state index contributed by atoms with van der Waals surface area (Å²) in [6.07, 6.45) is 0. The van der Waals surface area contributed by atoms with Gasteiger partial charge >= 0.3 is 11.9 Å². The van der Waals surface area contributed by atoms with Gasteiger partial charge in [-0.15, -0.1) is 0 Å². The molecule has 0 aromatic heterocycles. The zero-order valence-electron chi connectivity index (χ0n) is 6.73. The Hall–Kier alpha value is -0.360. The molecule has 0 aromatic carbocycles. The highest BCUT2D eigenvalue weighted by molar-refractivity contribution is 8.77. The van der Waals surface area contributed by atoms with E-state index >= 15 is 0 Å². The van der Waals surface area contributed by atoms with Gasteiger partial charge in [-0.1, -0.05) is 21.6 Å². The SMILES string of the molecule is CC(C)(SSCC(=O)O)C(=O)O. The highest BCUT2D eigenvalue weighted by atomic mass is 33.1. The molecule has 4 nitrogen and oxygen atoms in total. The summed E-state index contributed by atoms with van der Waals surface area (Å²) in [7, 11) is 2.08. The van der Waals surface area contributed by atoms with Crippen LogP contribution in [0.5, 0.6) is 0 Å². The average Bonchev–Trinajstić information content (AvgIpc) is 1.85. The zero-order chi connectivity index (χ0) is 9.78. The fourth-order valence-corrected chi connectivity index (χ4v) is 2.37. The Kier molecular flexibility index (Phi) is 4.47. The second kappa shape index (κ2) is 4.61. The Morgan fingerprint density at radius 2 is 1.83 bits per heavy atom. The summed E-state index contributed by atoms with van der Waals surface area (Å²) >= 11 is 0. The van der Waals surface area contributed by atoms with E-state index in [4.69, 9.17) is 10.2 Å². The summed E-state index contributed by atoms with van der Waals surface area (Å²) in [6.45, 7) is 3.07. The van der Waals surface area contributed by atoms with Crippen molar-refractivity contribution in [2.24, 2.45) is 0 Å². The van der Waals surface area contributed by atoms with Crippen molar-refractivity contribution in [1.82, 2.24) is 0 Å². The van der Waals surface area contributed by atoms with Crippen LogP contribution in [0.15, 0.2) is 0 Å². The van der Waals surface area contributed by atoms with Crippen LogP contribution in [0.25, 0.3) is 0 Å². The van der Waals surface area contributed by atoms with E-state index in [1.807, 2.05) is 0 Å². The van der Waals surface area contributed by atoms with Gasteiger partial charge < -0.3 is 10.2 Å². The smallest absolute Gasteiger partial charge is 0.320 e. The van der Waals surface area contributed by atoms with Crippen molar-refractivity contribution >= 4 is 33.5 Å². The fourth-order valence-electron chi connectivity index (χ4n) is 0.263. The number of aliphatic carboxylic acids is 2. The maximum Gasteiger partial charge on any atom is 0.320 e. The van der Waals surface area contributed by atoms with Crippen LogP contribution in [-0.2, 0) is 9.59 Å². The molecule has 0 aromatic rings. The van der Waals surface area contributed by atoms with Gasteiger partial charge in [0.15, 0.2) is 0 Å². The maximum atomic E-state index is 10.5. The van der Waals surface area contributed by atoms with Crippen molar-refractivity contribution in [1.29, 1.82) is 0 Å². The van der Waals surface area contributed by atoms with Crippen LogP contribution >= 0.6 is 21.6 Å². The molecule has 0 saturated carbocycles. The van der Waals surface area contributed by atoms with E-state index in [0.29, 0.717) is 0 Å². The van der Waals surface area contributed by atoms with Crippen molar-refractivity contribution in [3.8, 4) is 0 Å². The minimum Gasteiger partial charge on any atom is -0.481 e. The largest absolute Gasteiger partial charge is 0.481 e. The molecule has 0 aliphatic heterocycles. The number of carbonyl (C=O) groups is 2. The second-order valence-corrected chi connectivity index (χ2v) is 5.47. The molecule has 0 amide bonds. The summed E-state index contributed by atoms with van der Waals surface area (Å²) < 4.78 is -0.930. The standard InChI is InChI=1S/C6H10O4S2/c1-6(2,5(9)10)12-11-3-4(7)8/h3H2,1-2H3,(H,7,8)(H,9,10). The predicted molar refractivity (Wildman–Crippen MR) is 49.4 cm³/mol. The lowest BCUT2D eigenvalue weighted by molar-refractivity contribution is -0.139. The van der Waals surface area contributed by atoms with E-state index in [9.17, 15) is 9.59 Å². The molecule has 0 unspecified atom stereocenters. The Morgan fingerprint density at radius 1 is 1.33 bits per heavy atom. The predicted octanol–water partition coefficient (Wildman–Crippen LogP) is 1.32. The summed E-state index contributed by atoms with van der Waals surface area (Å²) in [5.41, 5.74) is 0. The maximum absolute atomic E-state index is 10.5. The number of hydrogen-bond acceptors (Lipinski definition) is 4. The van der Waals surface area contributed by atoms with Crippen LogP contribution in [0.1, 0.15) is 13.8 Å². The van der Waals surface area contributed by atoms with E-state index in [1.54, 1.807) is 0 Å². The highest BCUT2D eigenvalue weighted by Gasteiger charge is 2.28. The van der Waals surface area contributed by atoms with Crippen molar-refractivity contribution in [3.63, 3.8) is 0 Å². The first-order chi connectivity index (χ1) is 5.36. The topological polar surface area (TPSA) is 74.6 Å². The van der Waals surface area contributed by atoms with Crippen molar-refractivity contribution < 1.29 is 19.8 Å². The van der Waals surface area contributed by atoms with Gasteiger partial charge in [0.1, 0.15) is 10.5 Å². The van der Waals surface area contributed by atoms with E-state index in [-0.39, 0.29) is 5.75 Å². The van der Waals surface area contributed by atoms with Gasteiger partial charge in [0.05, 0.1) is 0 Å². The number of carboxylic acids is 2. The first-order valence-electron chi connectivity index (χ1n) is 3.12. The van der Waals surface area contributed by atoms with Crippen LogP contribution in [0.3, 0.4) is 0 Å². The molecule has 2 N–H and O–H groups in total. The third-order valence-electron chi connectivity index (χ3n) is 0.965. The average molecular weight is 210 g/mol. The summed E-state index contributed by atoms with van der Waals surface area (Å²) in [4.78, 5) is 20.6. The minimum atomic E-state index is -0.939. The summed E-state index contributed by atoms with van der Waals surface area (Å²) in [5.74, 6) is -1.96. The van der Waals surface area contributed by atoms with Gasteiger partial charge in [0.25, 0.3) is 0 Å². The summed E-state index contributed by atoms with van der Waals surface area (Å²) in [6, 6.07) is 0. The molecule has 12 heavy (non-hydrogen) atoms. The molecule has 0 rings (SSSR count).